The van der Waals surface area contributed by atoms with Gasteiger partial charge in [0.1, 0.15) is 0 Å². The number of pyridine rings is 1. The zero-order chi connectivity index (χ0) is 26.5. The number of rotatable bonds is 12. The average Bonchev–Trinajstić information content (AvgIpc) is 2.86. The summed E-state index contributed by atoms with van der Waals surface area (Å²) in [4.78, 5) is 16.3. The van der Waals surface area contributed by atoms with E-state index in [0.29, 0.717) is 0 Å². The van der Waals surface area contributed by atoms with Crippen LogP contribution in [0.25, 0.3) is 5.70 Å². The summed E-state index contributed by atoms with van der Waals surface area (Å²) in [5.41, 5.74) is 8.29. The first-order chi connectivity index (χ1) is 17.3. The fraction of sp³-hybridized carbons (Fsp3) is 0.312. The summed E-state index contributed by atoms with van der Waals surface area (Å²) in [7, 11) is 0. The molecule has 1 aliphatic rings. The van der Waals surface area contributed by atoms with Gasteiger partial charge in [0, 0.05) is 5.69 Å². The third-order valence-electron chi connectivity index (χ3n) is 5.92. The van der Waals surface area contributed by atoms with Gasteiger partial charge in [-0.2, -0.15) is 0 Å². The number of carboxylic acid groups (broad SMARTS) is 1. The smallest absolute Gasteiger partial charge is 0.335 e. The van der Waals surface area contributed by atoms with Crippen LogP contribution in [0.15, 0.2) is 107 Å². The molecule has 0 radical (unpaired) electrons. The first-order valence-electron chi connectivity index (χ1n) is 12.8. The molecule has 0 spiro atoms. The van der Waals surface area contributed by atoms with Gasteiger partial charge in [0.25, 0.3) is 0 Å². The lowest BCUT2D eigenvalue weighted by molar-refractivity contribution is -0.132. The molecule has 0 unspecified atom stereocenters. The van der Waals surface area contributed by atoms with Gasteiger partial charge in [-0.3, -0.25) is 4.98 Å². The Bertz CT molecular complexity index is 1170. The molecule has 0 atom stereocenters. The molecule has 4 nitrogen and oxygen atoms in total. The van der Waals surface area contributed by atoms with Gasteiger partial charge >= 0.3 is 5.97 Å². The summed E-state index contributed by atoms with van der Waals surface area (Å²) >= 11 is 0. The fourth-order valence-corrected chi connectivity index (χ4v) is 3.92. The van der Waals surface area contributed by atoms with Crippen LogP contribution in [0.2, 0.25) is 0 Å². The molecule has 4 heteroatoms. The van der Waals surface area contributed by atoms with Crippen molar-refractivity contribution in [2.24, 2.45) is 0 Å². The number of allylic oxidation sites excluding steroid dienone is 11. The Kier molecular flexibility index (Phi) is 11.6. The normalized spacial score (nSPS) is 16.2. The molecule has 0 fully saturated rings. The van der Waals surface area contributed by atoms with E-state index < -0.39 is 5.97 Å². The number of nitrogens with one attached hydrogen (secondary N) is 1. The lowest BCUT2D eigenvalue weighted by atomic mass is 9.92. The van der Waals surface area contributed by atoms with Crippen molar-refractivity contribution in [2.75, 3.05) is 0 Å². The van der Waals surface area contributed by atoms with Crippen molar-refractivity contribution >= 4 is 11.7 Å². The molecule has 0 bridgehead atoms. The third-order valence-corrected chi connectivity index (χ3v) is 5.92. The van der Waals surface area contributed by atoms with E-state index >= 15 is 0 Å². The van der Waals surface area contributed by atoms with Crippen LogP contribution >= 0.6 is 0 Å². The Morgan fingerprint density at radius 2 is 2.03 bits per heavy atom. The molecule has 190 valence electrons. The van der Waals surface area contributed by atoms with Crippen molar-refractivity contribution in [3.05, 3.63) is 118 Å². The van der Waals surface area contributed by atoms with E-state index in [-0.39, 0.29) is 5.57 Å². The van der Waals surface area contributed by atoms with Crippen LogP contribution in [-0.2, 0) is 4.79 Å². The van der Waals surface area contributed by atoms with Gasteiger partial charge in [-0.25, -0.2) is 4.79 Å². The van der Waals surface area contributed by atoms with Gasteiger partial charge in [-0.15, -0.1) is 0 Å². The summed E-state index contributed by atoms with van der Waals surface area (Å²) < 4.78 is 0. The highest BCUT2D eigenvalue weighted by Crippen LogP contribution is 2.28. The van der Waals surface area contributed by atoms with Crippen LogP contribution in [0.1, 0.15) is 71.2 Å². The summed E-state index contributed by atoms with van der Waals surface area (Å²) in [6.45, 7) is 14.4. The Hall–Kier alpha value is -3.66. The summed E-state index contributed by atoms with van der Waals surface area (Å²) in [5.74, 6) is -0.923. The van der Waals surface area contributed by atoms with Crippen LogP contribution in [0.3, 0.4) is 0 Å². The second-order valence-electron chi connectivity index (χ2n) is 8.92. The van der Waals surface area contributed by atoms with Gasteiger partial charge in [0.15, 0.2) is 0 Å². The Balaban J connectivity index is 2.47. The lowest BCUT2D eigenvalue weighted by Gasteiger charge is -2.17. The minimum Gasteiger partial charge on any atom is -0.478 e. The Morgan fingerprint density at radius 1 is 1.25 bits per heavy atom. The maximum absolute atomic E-state index is 11.5. The standard InChI is InChI=1S/C32H40N2O2/c1-7-10-11-19-33-31(30-18-12-15-24(5)34-30)25(6)29-17-13-16-26(21-29)20-23(4)28(14-8-2)22-27(9-3)32(35)36/h9,11-13,15,17-22,33H,4,7-8,10,14,16H2,1-3,5-6H3,(H,35,36)/b19-11-,26-20+,27-9+,28-22+,31-25+. The van der Waals surface area contributed by atoms with Gasteiger partial charge < -0.3 is 10.4 Å². The van der Waals surface area contributed by atoms with E-state index in [4.69, 9.17) is 4.98 Å². The van der Waals surface area contributed by atoms with E-state index in [1.54, 1.807) is 19.1 Å². The van der Waals surface area contributed by atoms with E-state index in [1.165, 1.54) is 0 Å². The van der Waals surface area contributed by atoms with Crippen LogP contribution in [-0.4, -0.2) is 16.1 Å². The van der Waals surface area contributed by atoms with Gasteiger partial charge in [-0.1, -0.05) is 75.8 Å². The monoisotopic (exact) mass is 484 g/mol. The van der Waals surface area contributed by atoms with Crippen molar-refractivity contribution in [1.82, 2.24) is 10.3 Å². The van der Waals surface area contributed by atoms with Crippen molar-refractivity contribution < 1.29 is 9.90 Å². The number of carbonyl (C=O) groups is 1. The van der Waals surface area contributed by atoms with Gasteiger partial charge in [-0.05, 0) is 92.3 Å². The van der Waals surface area contributed by atoms with Crippen LogP contribution < -0.4 is 5.32 Å². The SMILES string of the molecule is C=C(/C=C1C=C(/C(C)=C(/N/C=C\CCC)c2cccc(C)n2)C=CC/1)/C(=C/C(=C\C)C(=O)O)CCC. The molecule has 0 aromatic carbocycles. The molecule has 1 aromatic heterocycles. The van der Waals surface area contributed by atoms with Crippen molar-refractivity contribution in [3.8, 4) is 0 Å². The Morgan fingerprint density at radius 3 is 2.67 bits per heavy atom. The van der Waals surface area contributed by atoms with Gasteiger partial charge in [0.05, 0.1) is 17.0 Å². The van der Waals surface area contributed by atoms with Crippen LogP contribution in [0.4, 0.5) is 0 Å². The van der Waals surface area contributed by atoms with Crippen molar-refractivity contribution in [1.29, 1.82) is 0 Å². The molecule has 1 aromatic rings. The van der Waals surface area contributed by atoms with E-state index in [2.05, 4.69) is 63.0 Å². The van der Waals surface area contributed by atoms with Crippen LogP contribution in [0, 0.1) is 6.92 Å². The number of hydrogen-bond acceptors (Lipinski definition) is 3. The molecule has 1 aliphatic carbocycles. The highest BCUT2D eigenvalue weighted by atomic mass is 16.4. The molecule has 36 heavy (non-hydrogen) atoms. The lowest BCUT2D eigenvalue weighted by Crippen LogP contribution is -2.10. The second-order valence-corrected chi connectivity index (χ2v) is 8.92. The topological polar surface area (TPSA) is 62.2 Å². The molecular weight excluding hydrogens is 444 g/mol. The molecule has 0 saturated heterocycles. The summed E-state index contributed by atoms with van der Waals surface area (Å²) in [6.07, 6.45) is 20.7. The highest BCUT2D eigenvalue weighted by Gasteiger charge is 2.13. The Labute approximate surface area is 216 Å². The van der Waals surface area contributed by atoms with Gasteiger partial charge in [0.2, 0.25) is 0 Å². The zero-order valence-electron chi connectivity index (χ0n) is 22.4. The molecular formula is C32H40N2O2. The largest absolute Gasteiger partial charge is 0.478 e. The molecule has 0 aliphatic heterocycles. The average molecular weight is 485 g/mol. The highest BCUT2D eigenvalue weighted by molar-refractivity contribution is 5.90. The number of nitrogens with zero attached hydrogens (tertiary/aromatic N) is 1. The zero-order valence-corrected chi connectivity index (χ0v) is 22.4. The second kappa shape index (κ2) is 14.7. The predicted molar refractivity (Wildman–Crippen MR) is 152 cm³/mol. The first-order valence-corrected chi connectivity index (χ1v) is 12.8. The van der Waals surface area contributed by atoms with Crippen molar-refractivity contribution in [2.45, 2.75) is 66.7 Å². The maximum Gasteiger partial charge on any atom is 0.335 e. The predicted octanol–water partition coefficient (Wildman–Crippen LogP) is 8.15. The van der Waals surface area contributed by atoms with Crippen LogP contribution in [0.5, 0.6) is 0 Å². The number of aromatic nitrogens is 1. The number of unbranched alkanes of at least 4 members (excludes halogenated alkanes) is 1. The number of carboxylic acids is 1. The molecule has 0 saturated carbocycles. The minimum absolute atomic E-state index is 0.286. The van der Waals surface area contributed by atoms with E-state index in [9.17, 15) is 9.90 Å². The summed E-state index contributed by atoms with van der Waals surface area (Å²) in [5, 5.41) is 12.9. The molecule has 0 amide bonds. The maximum atomic E-state index is 11.5. The molecule has 2 rings (SSSR count). The minimum atomic E-state index is -0.923. The van der Waals surface area contributed by atoms with E-state index in [1.807, 2.05) is 31.3 Å². The third kappa shape index (κ3) is 8.53. The van der Waals surface area contributed by atoms with E-state index in [0.717, 1.165) is 77.1 Å². The number of hydrogen-bond donors (Lipinski definition) is 2. The first kappa shape index (κ1) is 28.6. The molecule has 1 heterocycles. The molecule has 2 N–H and O–H groups in total. The summed E-state index contributed by atoms with van der Waals surface area (Å²) in [6, 6.07) is 6.06. The van der Waals surface area contributed by atoms with Crippen molar-refractivity contribution in [3.63, 3.8) is 0 Å². The number of aryl methyl sites for hydroxylation is 1. The number of aliphatic carboxylic acids is 1. The quantitative estimate of drug-likeness (QED) is 0.232. The fourth-order valence-electron chi connectivity index (χ4n) is 3.92.